The van der Waals surface area contributed by atoms with Crippen molar-refractivity contribution in [1.82, 2.24) is 15.3 Å². The van der Waals surface area contributed by atoms with Gasteiger partial charge >= 0.3 is 0 Å². The molecule has 0 saturated heterocycles. The number of benzene rings is 1. The summed E-state index contributed by atoms with van der Waals surface area (Å²) in [5, 5.41) is 4.71. The van der Waals surface area contributed by atoms with E-state index in [1.807, 2.05) is 43.6 Å². The Kier molecular flexibility index (Phi) is 3.93. The average Bonchev–Trinajstić information content (AvgIpc) is 2.53. The van der Waals surface area contributed by atoms with E-state index in [0.29, 0.717) is 0 Å². The van der Waals surface area contributed by atoms with Gasteiger partial charge in [0.05, 0.1) is 11.6 Å². The first-order chi connectivity index (χ1) is 10.3. The molecule has 1 aromatic carbocycles. The van der Waals surface area contributed by atoms with Crippen molar-refractivity contribution < 1.29 is 0 Å². The van der Waals surface area contributed by atoms with E-state index in [2.05, 4.69) is 40.4 Å². The Labute approximate surface area is 125 Å². The van der Waals surface area contributed by atoms with Crippen molar-refractivity contribution in [3.8, 4) is 0 Å². The zero-order chi connectivity index (χ0) is 14.7. The van der Waals surface area contributed by atoms with Gasteiger partial charge in [-0.3, -0.25) is 9.97 Å². The molecule has 0 aliphatic carbocycles. The lowest BCUT2D eigenvalue weighted by molar-refractivity contribution is 0.623. The molecular formula is C18H19N3. The number of nitrogens with one attached hydrogen (secondary N) is 1. The van der Waals surface area contributed by atoms with Crippen molar-refractivity contribution in [2.24, 2.45) is 0 Å². The molecule has 1 N–H and O–H groups in total. The van der Waals surface area contributed by atoms with Crippen LogP contribution in [0, 0.1) is 6.92 Å². The van der Waals surface area contributed by atoms with Crippen LogP contribution in [0.4, 0.5) is 0 Å². The van der Waals surface area contributed by atoms with Crippen molar-refractivity contribution in [1.29, 1.82) is 0 Å². The van der Waals surface area contributed by atoms with Crippen LogP contribution in [0.5, 0.6) is 0 Å². The predicted molar refractivity (Wildman–Crippen MR) is 86.2 cm³/mol. The van der Waals surface area contributed by atoms with Crippen molar-refractivity contribution >= 4 is 10.9 Å². The van der Waals surface area contributed by atoms with E-state index < -0.39 is 0 Å². The third-order valence-corrected chi connectivity index (χ3v) is 3.71. The number of pyridine rings is 2. The van der Waals surface area contributed by atoms with E-state index in [1.54, 1.807) is 0 Å². The van der Waals surface area contributed by atoms with E-state index in [9.17, 15) is 0 Å². The summed E-state index contributed by atoms with van der Waals surface area (Å²) in [6, 6.07) is 14.7. The van der Waals surface area contributed by atoms with Crippen molar-refractivity contribution in [2.45, 2.75) is 19.9 Å². The van der Waals surface area contributed by atoms with E-state index in [1.165, 1.54) is 16.5 Å². The van der Waals surface area contributed by atoms with Gasteiger partial charge in [-0.05, 0) is 42.8 Å². The molecule has 3 rings (SSSR count). The molecule has 0 radical (unpaired) electrons. The first-order valence-corrected chi connectivity index (χ1v) is 7.29. The third kappa shape index (κ3) is 2.78. The summed E-state index contributed by atoms with van der Waals surface area (Å²) in [5.74, 6) is 0. The van der Waals surface area contributed by atoms with Gasteiger partial charge in [-0.1, -0.05) is 31.2 Å². The Morgan fingerprint density at radius 3 is 2.76 bits per heavy atom. The normalized spacial score (nSPS) is 12.5. The van der Waals surface area contributed by atoms with Gasteiger partial charge in [-0.2, -0.15) is 0 Å². The molecule has 106 valence electrons. The minimum absolute atomic E-state index is 0.126. The smallest absolute Gasteiger partial charge is 0.0702 e. The molecule has 0 spiro atoms. The minimum Gasteiger partial charge on any atom is -0.306 e. The molecule has 0 aliphatic rings. The van der Waals surface area contributed by atoms with Crippen LogP contribution in [0.25, 0.3) is 10.9 Å². The number of aryl methyl sites for hydroxylation is 1. The van der Waals surface area contributed by atoms with Gasteiger partial charge in [0.2, 0.25) is 0 Å². The number of nitrogens with zero attached hydrogens (tertiary/aromatic N) is 2. The summed E-state index contributed by atoms with van der Waals surface area (Å²) in [5.41, 5.74) is 4.46. The number of rotatable bonds is 4. The fourth-order valence-corrected chi connectivity index (χ4v) is 2.66. The third-order valence-electron chi connectivity index (χ3n) is 3.71. The number of fused-ring (bicyclic) bond motifs is 1. The standard InChI is InChI=1S/C18H19N3/c1-3-19-18(16-8-6-10-20-13(16)2)15-11-14-7-4-5-9-17(14)21-12-15/h4-12,18-19H,3H2,1-2H3. The molecule has 2 aromatic heterocycles. The first-order valence-electron chi connectivity index (χ1n) is 7.29. The second kappa shape index (κ2) is 6.02. The molecule has 3 nitrogen and oxygen atoms in total. The zero-order valence-electron chi connectivity index (χ0n) is 12.4. The Hall–Kier alpha value is -2.26. The molecule has 0 amide bonds. The van der Waals surface area contributed by atoms with Crippen LogP contribution in [-0.4, -0.2) is 16.5 Å². The highest BCUT2D eigenvalue weighted by atomic mass is 14.9. The van der Waals surface area contributed by atoms with Crippen molar-refractivity contribution in [3.63, 3.8) is 0 Å². The number of para-hydroxylation sites is 1. The van der Waals surface area contributed by atoms with Gasteiger partial charge < -0.3 is 5.32 Å². The molecular weight excluding hydrogens is 258 g/mol. The van der Waals surface area contributed by atoms with Gasteiger partial charge in [0.1, 0.15) is 0 Å². The Morgan fingerprint density at radius 2 is 1.95 bits per heavy atom. The molecule has 1 unspecified atom stereocenters. The van der Waals surface area contributed by atoms with E-state index in [4.69, 9.17) is 0 Å². The molecule has 21 heavy (non-hydrogen) atoms. The second-order valence-electron chi connectivity index (χ2n) is 5.13. The fraction of sp³-hybridized carbons (Fsp3) is 0.222. The number of hydrogen-bond donors (Lipinski definition) is 1. The van der Waals surface area contributed by atoms with E-state index in [0.717, 1.165) is 17.8 Å². The molecule has 3 heteroatoms. The van der Waals surface area contributed by atoms with E-state index >= 15 is 0 Å². The first kappa shape index (κ1) is 13.7. The fourth-order valence-electron chi connectivity index (χ4n) is 2.66. The Morgan fingerprint density at radius 1 is 1.10 bits per heavy atom. The summed E-state index contributed by atoms with van der Waals surface area (Å²) >= 11 is 0. The predicted octanol–water partition coefficient (Wildman–Crippen LogP) is 3.64. The average molecular weight is 277 g/mol. The Bertz CT molecular complexity index is 752. The highest BCUT2D eigenvalue weighted by Gasteiger charge is 2.16. The summed E-state index contributed by atoms with van der Waals surface area (Å²) in [6.07, 6.45) is 3.79. The number of aromatic nitrogens is 2. The topological polar surface area (TPSA) is 37.8 Å². The summed E-state index contributed by atoms with van der Waals surface area (Å²) < 4.78 is 0. The highest BCUT2D eigenvalue weighted by Crippen LogP contribution is 2.25. The van der Waals surface area contributed by atoms with Gasteiger partial charge in [-0.15, -0.1) is 0 Å². The van der Waals surface area contributed by atoms with Gasteiger partial charge in [0.15, 0.2) is 0 Å². The van der Waals surface area contributed by atoms with Crippen LogP contribution in [0.2, 0.25) is 0 Å². The molecule has 3 aromatic rings. The molecule has 0 saturated carbocycles. The van der Waals surface area contributed by atoms with Crippen LogP contribution in [0.15, 0.2) is 54.9 Å². The van der Waals surface area contributed by atoms with Crippen LogP contribution < -0.4 is 5.32 Å². The maximum atomic E-state index is 4.58. The second-order valence-corrected chi connectivity index (χ2v) is 5.13. The lowest BCUT2D eigenvalue weighted by Gasteiger charge is -2.20. The zero-order valence-corrected chi connectivity index (χ0v) is 12.4. The van der Waals surface area contributed by atoms with Crippen LogP contribution in [-0.2, 0) is 0 Å². The van der Waals surface area contributed by atoms with Gasteiger partial charge in [0, 0.05) is 23.5 Å². The van der Waals surface area contributed by atoms with Crippen LogP contribution in [0.1, 0.15) is 29.8 Å². The molecule has 0 fully saturated rings. The maximum absolute atomic E-state index is 4.58. The van der Waals surface area contributed by atoms with Crippen molar-refractivity contribution in [3.05, 3.63) is 71.7 Å². The Balaban J connectivity index is 2.09. The summed E-state index contributed by atoms with van der Waals surface area (Å²) in [4.78, 5) is 8.99. The SMILES string of the molecule is CCNC(c1cnc2ccccc2c1)c1cccnc1C. The number of hydrogen-bond acceptors (Lipinski definition) is 3. The van der Waals surface area contributed by atoms with Crippen LogP contribution in [0.3, 0.4) is 0 Å². The summed E-state index contributed by atoms with van der Waals surface area (Å²) in [6.45, 7) is 5.06. The maximum Gasteiger partial charge on any atom is 0.0702 e. The molecule has 0 aliphatic heterocycles. The molecule has 0 bridgehead atoms. The molecule has 2 heterocycles. The lowest BCUT2D eigenvalue weighted by atomic mass is 9.98. The van der Waals surface area contributed by atoms with Crippen LogP contribution >= 0.6 is 0 Å². The summed E-state index contributed by atoms with van der Waals surface area (Å²) in [7, 11) is 0. The largest absolute Gasteiger partial charge is 0.306 e. The van der Waals surface area contributed by atoms with Gasteiger partial charge in [-0.25, -0.2) is 0 Å². The highest BCUT2D eigenvalue weighted by molar-refractivity contribution is 5.79. The van der Waals surface area contributed by atoms with E-state index in [-0.39, 0.29) is 6.04 Å². The minimum atomic E-state index is 0.126. The van der Waals surface area contributed by atoms with Gasteiger partial charge in [0.25, 0.3) is 0 Å². The monoisotopic (exact) mass is 277 g/mol. The lowest BCUT2D eigenvalue weighted by Crippen LogP contribution is -2.23. The van der Waals surface area contributed by atoms with Crippen molar-refractivity contribution in [2.75, 3.05) is 6.54 Å². The quantitative estimate of drug-likeness (QED) is 0.791. The molecule has 1 atom stereocenters.